The molecule has 0 aliphatic rings. The fraction of sp³-hybridized carbons (Fsp3) is 0.0833. The highest BCUT2D eigenvalue weighted by atomic mass is 35.5. The first-order valence-corrected chi connectivity index (χ1v) is 6.89. The van der Waals surface area contributed by atoms with Crippen molar-refractivity contribution in [2.75, 3.05) is 5.32 Å². The maximum atomic E-state index is 13.0. The number of hydrogen-bond acceptors (Lipinski definition) is 4. The predicted octanol–water partition coefficient (Wildman–Crippen LogP) is 2.96. The Hall–Kier alpha value is -2.19. The molecule has 0 radical (unpaired) electrons. The Bertz CT molecular complexity index is 692. The van der Waals surface area contributed by atoms with Gasteiger partial charge in [0.2, 0.25) is 0 Å². The minimum atomic E-state index is -1.13. The lowest BCUT2D eigenvalue weighted by Crippen LogP contribution is -2.28. The molecule has 0 saturated carbocycles. The molecule has 0 aliphatic carbocycles. The number of urea groups is 1. The van der Waals surface area contributed by atoms with E-state index >= 15 is 0 Å². The molecule has 6 nitrogen and oxygen atoms in total. The summed E-state index contributed by atoms with van der Waals surface area (Å²) >= 11 is 6.92. The van der Waals surface area contributed by atoms with Crippen LogP contribution >= 0.6 is 22.9 Å². The van der Waals surface area contributed by atoms with Crippen molar-refractivity contribution in [1.82, 2.24) is 10.3 Å². The molecule has 0 fully saturated rings. The van der Waals surface area contributed by atoms with Gasteiger partial charge >= 0.3 is 12.0 Å². The molecular weight excluding hydrogens is 321 g/mol. The van der Waals surface area contributed by atoms with Crippen LogP contribution in [0.15, 0.2) is 23.6 Å². The number of nitrogens with one attached hydrogen (secondary N) is 2. The number of carbonyl (C=O) groups excluding carboxylic acids is 1. The predicted molar refractivity (Wildman–Crippen MR) is 76.3 cm³/mol. The summed E-state index contributed by atoms with van der Waals surface area (Å²) in [6.45, 7) is 0.0523. The molecule has 1 aromatic heterocycles. The normalized spacial score (nSPS) is 10.2. The van der Waals surface area contributed by atoms with Crippen LogP contribution in [-0.4, -0.2) is 22.1 Å². The van der Waals surface area contributed by atoms with Gasteiger partial charge < -0.3 is 15.7 Å². The van der Waals surface area contributed by atoms with Gasteiger partial charge in [-0.2, -0.15) is 0 Å². The van der Waals surface area contributed by atoms with E-state index in [9.17, 15) is 14.0 Å². The first-order valence-electron chi connectivity index (χ1n) is 5.63. The lowest BCUT2D eigenvalue weighted by Gasteiger charge is -2.08. The number of carboxylic acids is 1. The van der Waals surface area contributed by atoms with Crippen LogP contribution < -0.4 is 10.6 Å². The molecule has 2 amide bonds. The van der Waals surface area contributed by atoms with Crippen molar-refractivity contribution in [2.24, 2.45) is 0 Å². The SMILES string of the molecule is O=C(NCc1nc(C(=O)O)cs1)Nc1cc(F)ccc1Cl. The van der Waals surface area contributed by atoms with Crippen molar-refractivity contribution in [3.05, 3.63) is 45.1 Å². The van der Waals surface area contributed by atoms with Gasteiger partial charge in [0.05, 0.1) is 17.3 Å². The molecular formula is C12H9ClFN3O3S. The zero-order chi connectivity index (χ0) is 15.4. The molecule has 2 aromatic rings. The summed E-state index contributed by atoms with van der Waals surface area (Å²) in [5, 5.41) is 15.6. The van der Waals surface area contributed by atoms with Gasteiger partial charge in [-0.25, -0.2) is 19.0 Å². The molecule has 0 unspecified atom stereocenters. The topological polar surface area (TPSA) is 91.3 Å². The zero-order valence-corrected chi connectivity index (χ0v) is 12.0. The molecule has 2 rings (SSSR count). The lowest BCUT2D eigenvalue weighted by molar-refractivity contribution is 0.0691. The van der Waals surface area contributed by atoms with E-state index in [1.165, 1.54) is 17.5 Å². The largest absolute Gasteiger partial charge is 0.476 e. The second kappa shape index (κ2) is 6.51. The number of halogens is 2. The number of rotatable bonds is 4. The van der Waals surface area contributed by atoms with Crippen LogP contribution in [0.3, 0.4) is 0 Å². The van der Waals surface area contributed by atoms with Gasteiger partial charge in [-0.05, 0) is 18.2 Å². The highest BCUT2D eigenvalue weighted by molar-refractivity contribution is 7.09. The van der Waals surface area contributed by atoms with Crippen LogP contribution in [-0.2, 0) is 6.54 Å². The molecule has 0 bridgehead atoms. The summed E-state index contributed by atoms with van der Waals surface area (Å²) < 4.78 is 13.0. The van der Waals surface area contributed by atoms with Crippen molar-refractivity contribution in [1.29, 1.82) is 0 Å². The van der Waals surface area contributed by atoms with E-state index in [-0.39, 0.29) is 22.9 Å². The average molecular weight is 330 g/mol. The van der Waals surface area contributed by atoms with E-state index in [1.807, 2.05) is 0 Å². The number of aromatic carboxylic acids is 1. The van der Waals surface area contributed by atoms with E-state index < -0.39 is 17.8 Å². The summed E-state index contributed by atoms with van der Waals surface area (Å²) in [5.41, 5.74) is 0.0601. The lowest BCUT2D eigenvalue weighted by atomic mass is 10.3. The van der Waals surface area contributed by atoms with Crippen LogP contribution in [0.1, 0.15) is 15.5 Å². The fourth-order valence-corrected chi connectivity index (χ4v) is 2.28. The molecule has 0 spiro atoms. The zero-order valence-electron chi connectivity index (χ0n) is 10.4. The van der Waals surface area contributed by atoms with Gasteiger partial charge in [0.15, 0.2) is 5.69 Å². The molecule has 21 heavy (non-hydrogen) atoms. The first kappa shape index (κ1) is 15.2. The van der Waals surface area contributed by atoms with Gasteiger partial charge in [0, 0.05) is 5.38 Å². The monoisotopic (exact) mass is 329 g/mol. The Kier molecular flexibility index (Phi) is 4.71. The number of carbonyl (C=O) groups is 2. The van der Waals surface area contributed by atoms with Gasteiger partial charge in [0.1, 0.15) is 10.8 Å². The Labute approximate surface area is 127 Å². The third-order valence-electron chi connectivity index (χ3n) is 2.35. The van der Waals surface area contributed by atoms with Crippen molar-refractivity contribution >= 4 is 40.6 Å². The number of benzene rings is 1. The Balaban J connectivity index is 1.92. The van der Waals surface area contributed by atoms with Crippen LogP contribution in [0.5, 0.6) is 0 Å². The standard InChI is InChI=1S/C12H9ClFN3O3S/c13-7-2-1-6(14)3-8(7)17-12(20)15-4-10-16-9(5-21-10)11(18)19/h1-3,5H,4H2,(H,18,19)(H2,15,17,20). The number of carboxylic acid groups (broad SMARTS) is 1. The van der Waals surface area contributed by atoms with E-state index in [4.69, 9.17) is 16.7 Å². The maximum absolute atomic E-state index is 13.0. The highest BCUT2D eigenvalue weighted by Crippen LogP contribution is 2.22. The summed E-state index contributed by atoms with van der Waals surface area (Å²) in [7, 11) is 0. The first-order chi connectivity index (χ1) is 9.95. The molecule has 0 atom stereocenters. The molecule has 1 heterocycles. The van der Waals surface area contributed by atoms with Crippen molar-refractivity contribution in [2.45, 2.75) is 6.54 Å². The Morgan fingerprint density at radius 2 is 2.19 bits per heavy atom. The number of nitrogens with zero attached hydrogens (tertiary/aromatic N) is 1. The Morgan fingerprint density at radius 1 is 1.43 bits per heavy atom. The third kappa shape index (κ3) is 4.14. The third-order valence-corrected chi connectivity index (χ3v) is 3.53. The smallest absolute Gasteiger partial charge is 0.355 e. The number of anilines is 1. The molecule has 3 N–H and O–H groups in total. The van der Waals surface area contributed by atoms with E-state index in [0.29, 0.717) is 5.01 Å². The molecule has 9 heteroatoms. The summed E-state index contributed by atoms with van der Waals surface area (Å²) in [5.74, 6) is -1.66. The minimum absolute atomic E-state index is 0.0523. The molecule has 0 saturated heterocycles. The average Bonchev–Trinajstić information content (AvgIpc) is 2.90. The maximum Gasteiger partial charge on any atom is 0.355 e. The molecule has 0 aliphatic heterocycles. The molecule has 110 valence electrons. The van der Waals surface area contributed by atoms with E-state index in [1.54, 1.807) is 0 Å². The summed E-state index contributed by atoms with van der Waals surface area (Å²) in [6, 6.07) is 2.99. The number of amides is 2. The highest BCUT2D eigenvalue weighted by Gasteiger charge is 2.10. The summed E-state index contributed by atoms with van der Waals surface area (Å²) in [4.78, 5) is 26.1. The van der Waals surface area contributed by atoms with Crippen molar-refractivity contribution in [3.63, 3.8) is 0 Å². The summed E-state index contributed by atoms with van der Waals surface area (Å²) in [6.07, 6.45) is 0. The number of hydrogen-bond donors (Lipinski definition) is 3. The number of thiazole rings is 1. The van der Waals surface area contributed by atoms with Crippen LogP contribution in [0.4, 0.5) is 14.9 Å². The quantitative estimate of drug-likeness (QED) is 0.804. The van der Waals surface area contributed by atoms with E-state index in [0.717, 1.165) is 17.4 Å². The van der Waals surface area contributed by atoms with Crippen molar-refractivity contribution in [3.8, 4) is 0 Å². The Morgan fingerprint density at radius 3 is 2.86 bits per heavy atom. The number of aromatic nitrogens is 1. The second-order valence-electron chi connectivity index (χ2n) is 3.86. The van der Waals surface area contributed by atoms with Gasteiger partial charge in [-0.3, -0.25) is 0 Å². The molecule has 1 aromatic carbocycles. The van der Waals surface area contributed by atoms with Gasteiger partial charge in [-0.1, -0.05) is 11.6 Å². The second-order valence-corrected chi connectivity index (χ2v) is 5.21. The van der Waals surface area contributed by atoms with Gasteiger partial charge in [0.25, 0.3) is 0 Å². The van der Waals surface area contributed by atoms with Crippen LogP contribution in [0.25, 0.3) is 0 Å². The van der Waals surface area contributed by atoms with Crippen LogP contribution in [0.2, 0.25) is 5.02 Å². The van der Waals surface area contributed by atoms with Crippen LogP contribution in [0, 0.1) is 5.82 Å². The van der Waals surface area contributed by atoms with E-state index in [2.05, 4.69) is 15.6 Å². The van der Waals surface area contributed by atoms with Gasteiger partial charge in [-0.15, -0.1) is 11.3 Å². The fourth-order valence-electron chi connectivity index (χ4n) is 1.41. The van der Waals surface area contributed by atoms with Crippen molar-refractivity contribution < 1.29 is 19.1 Å². The minimum Gasteiger partial charge on any atom is -0.476 e.